The molecule has 3 atom stereocenters. The van der Waals surface area contributed by atoms with Gasteiger partial charge in [0.05, 0.1) is 13.0 Å². The van der Waals surface area contributed by atoms with Crippen molar-refractivity contribution < 1.29 is 28.7 Å². The Labute approximate surface area is 203 Å². The fourth-order valence-electron chi connectivity index (χ4n) is 4.97. The Morgan fingerprint density at radius 2 is 1.82 bits per heavy atom. The number of hydrogen-bond donors (Lipinski definition) is 1. The van der Waals surface area contributed by atoms with Gasteiger partial charge in [0.1, 0.15) is 11.9 Å². The summed E-state index contributed by atoms with van der Waals surface area (Å²) >= 11 is 0. The number of nitrogens with two attached hydrogens (primary N) is 1. The molecule has 0 bridgehead atoms. The van der Waals surface area contributed by atoms with Gasteiger partial charge in [0.25, 0.3) is 0 Å². The number of likely N-dealkylation sites (tertiary alicyclic amines) is 2. The van der Waals surface area contributed by atoms with Gasteiger partial charge in [-0.25, -0.2) is 4.79 Å². The Balaban J connectivity index is 0.000000440. The van der Waals surface area contributed by atoms with Gasteiger partial charge in [0, 0.05) is 44.6 Å². The second-order valence-electron chi connectivity index (χ2n) is 10.6. The van der Waals surface area contributed by atoms with Crippen LogP contribution in [0.25, 0.3) is 0 Å². The van der Waals surface area contributed by atoms with Gasteiger partial charge < -0.3 is 29.8 Å². The van der Waals surface area contributed by atoms with Crippen molar-refractivity contribution in [3.8, 4) is 0 Å². The van der Waals surface area contributed by atoms with Crippen LogP contribution in [0.2, 0.25) is 0 Å². The van der Waals surface area contributed by atoms with E-state index in [1.54, 1.807) is 11.8 Å². The normalized spacial score (nSPS) is 25.2. The fraction of sp³-hybridized carbons (Fsp3) is 0.840. The van der Waals surface area contributed by atoms with Crippen molar-refractivity contribution in [3.63, 3.8) is 0 Å². The molecule has 2 amide bonds. The third-order valence-electron chi connectivity index (χ3n) is 6.71. The van der Waals surface area contributed by atoms with Crippen LogP contribution in [0.15, 0.2) is 0 Å². The number of amides is 2. The number of piperidine rings is 1. The van der Waals surface area contributed by atoms with Crippen LogP contribution < -0.4 is 5.73 Å². The Bertz CT molecular complexity index is 691. The maximum absolute atomic E-state index is 12.7. The van der Waals surface area contributed by atoms with Crippen molar-refractivity contribution in [2.45, 2.75) is 71.8 Å². The van der Waals surface area contributed by atoms with Crippen LogP contribution in [0, 0.1) is 23.7 Å². The van der Waals surface area contributed by atoms with Gasteiger partial charge >= 0.3 is 12.1 Å². The summed E-state index contributed by atoms with van der Waals surface area (Å²) in [7, 11) is 0. The molecular weight excluding hydrogens is 438 g/mol. The number of carbonyl (C=O) groups excluding carboxylic acids is 4. The molecule has 0 radical (unpaired) electrons. The number of rotatable bonds is 6. The van der Waals surface area contributed by atoms with Crippen molar-refractivity contribution in [1.82, 2.24) is 9.80 Å². The molecular formula is C25H43N3O6. The lowest BCUT2D eigenvalue weighted by Gasteiger charge is -2.35. The zero-order valence-electron chi connectivity index (χ0n) is 21.3. The lowest BCUT2D eigenvalue weighted by atomic mass is 9.76. The molecule has 3 rings (SSSR count). The van der Waals surface area contributed by atoms with Crippen LogP contribution in [0.5, 0.6) is 0 Å². The summed E-state index contributed by atoms with van der Waals surface area (Å²) in [6, 6.07) is 0. The smallest absolute Gasteiger partial charge is 0.410 e. The van der Waals surface area contributed by atoms with Crippen LogP contribution >= 0.6 is 0 Å². The molecule has 9 heteroatoms. The maximum Gasteiger partial charge on any atom is 0.410 e. The molecule has 1 saturated carbocycles. The molecule has 3 aliphatic rings. The Hall–Kier alpha value is -2.16. The zero-order chi connectivity index (χ0) is 25.3. The first kappa shape index (κ1) is 28.1. The molecule has 0 aromatic carbocycles. The van der Waals surface area contributed by atoms with Crippen molar-refractivity contribution >= 4 is 24.3 Å². The Morgan fingerprint density at radius 3 is 2.38 bits per heavy atom. The maximum atomic E-state index is 12.7. The number of carbonyl (C=O) groups is 4. The minimum absolute atomic E-state index is 0.0563. The SMILES string of the molecule is CC(C)(C)OC(=O)N1CCC(CN2CC3CCC(C=O)CC3C2=O)CC1.CCOC(=O)CCN. The molecule has 3 unspecified atom stereocenters. The number of ether oxygens (including phenoxy) is 2. The highest BCUT2D eigenvalue weighted by Gasteiger charge is 2.44. The molecule has 0 spiro atoms. The molecule has 9 nitrogen and oxygen atoms in total. The van der Waals surface area contributed by atoms with Gasteiger partial charge in [-0.15, -0.1) is 0 Å². The van der Waals surface area contributed by atoms with E-state index < -0.39 is 5.60 Å². The minimum Gasteiger partial charge on any atom is -0.466 e. The van der Waals surface area contributed by atoms with Crippen LogP contribution in [-0.4, -0.2) is 79.0 Å². The molecule has 2 heterocycles. The van der Waals surface area contributed by atoms with E-state index in [1.807, 2.05) is 25.7 Å². The second kappa shape index (κ2) is 13.1. The monoisotopic (exact) mass is 481 g/mol. The van der Waals surface area contributed by atoms with E-state index in [9.17, 15) is 19.2 Å². The standard InChI is InChI=1S/C20H32N2O4.C5H11NO2/c1-20(2,3)26-19(25)21-8-6-14(7-9-21)11-22-12-16-5-4-15(13-23)10-17(16)18(22)24;1-2-8-5(7)3-4-6/h13-17H,4-12H2,1-3H3;2-4,6H2,1H3. The molecule has 34 heavy (non-hydrogen) atoms. The van der Waals surface area contributed by atoms with Gasteiger partial charge in [-0.05, 0) is 71.6 Å². The lowest BCUT2D eigenvalue weighted by molar-refractivity contribution is -0.142. The molecule has 2 saturated heterocycles. The molecule has 3 fully saturated rings. The van der Waals surface area contributed by atoms with Gasteiger partial charge in [-0.2, -0.15) is 0 Å². The third-order valence-corrected chi connectivity index (χ3v) is 6.71. The van der Waals surface area contributed by atoms with E-state index in [0.29, 0.717) is 44.5 Å². The lowest BCUT2D eigenvalue weighted by Crippen LogP contribution is -2.44. The highest BCUT2D eigenvalue weighted by atomic mass is 16.6. The second-order valence-corrected chi connectivity index (χ2v) is 10.6. The van der Waals surface area contributed by atoms with E-state index in [4.69, 9.17) is 10.5 Å². The van der Waals surface area contributed by atoms with Crippen molar-refractivity contribution in [2.24, 2.45) is 29.4 Å². The summed E-state index contributed by atoms with van der Waals surface area (Å²) < 4.78 is 10.0. The largest absolute Gasteiger partial charge is 0.466 e. The molecule has 0 aromatic rings. The summed E-state index contributed by atoms with van der Waals surface area (Å²) in [6.07, 6.45) is 5.60. The van der Waals surface area contributed by atoms with E-state index in [2.05, 4.69) is 4.74 Å². The van der Waals surface area contributed by atoms with Crippen molar-refractivity contribution in [1.29, 1.82) is 0 Å². The predicted molar refractivity (Wildman–Crippen MR) is 128 cm³/mol. The summed E-state index contributed by atoms with van der Waals surface area (Å²) in [5, 5.41) is 0. The number of fused-ring (bicyclic) bond motifs is 1. The van der Waals surface area contributed by atoms with Gasteiger partial charge in [-0.1, -0.05) is 0 Å². The van der Waals surface area contributed by atoms with E-state index in [0.717, 1.165) is 51.5 Å². The molecule has 2 N–H and O–H groups in total. The molecule has 1 aliphatic carbocycles. The number of hydrogen-bond acceptors (Lipinski definition) is 7. The average Bonchev–Trinajstić information content (AvgIpc) is 3.08. The first-order valence-electron chi connectivity index (χ1n) is 12.7. The van der Waals surface area contributed by atoms with E-state index in [-0.39, 0.29) is 29.8 Å². The molecule has 194 valence electrons. The zero-order valence-corrected chi connectivity index (χ0v) is 21.3. The van der Waals surface area contributed by atoms with Crippen molar-refractivity contribution in [3.05, 3.63) is 0 Å². The Kier molecular flexibility index (Phi) is 10.8. The van der Waals surface area contributed by atoms with E-state index in [1.165, 1.54) is 0 Å². The third kappa shape index (κ3) is 8.56. The summed E-state index contributed by atoms with van der Waals surface area (Å²) in [6.45, 7) is 11.3. The van der Waals surface area contributed by atoms with Gasteiger partial charge in [0.2, 0.25) is 5.91 Å². The topological polar surface area (TPSA) is 119 Å². The summed E-state index contributed by atoms with van der Waals surface area (Å²) in [5.74, 6) is 1.03. The highest BCUT2D eigenvalue weighted by molar-refractivity contribution is 5.82. The fourth-order valence-corrected chi connectivity index (χ4v) is 4.97. The quantitative estimate of drug-likeness (QED) is 0.457. The average molecular weight is 482 g/mol. The number of aldehydes is 1. The number of esters is 1. The first-order chi connectivity index (χ1) is 16.1. The van der Waals surface area contributed by atoms with Crippen LogP contribution in [0.1, 0.15) is 66.2 Å². The highest BCUT2D eigenvalue weighted by Crippen LogP contribution is 2.39. The molecule has 0 aromatic heterocycles. The predicted octanol–water partition coefficient (Wildman–Crippen LogP) is 2.61. The van der Waals surface area contributed by atoms with Crippen molar-refractivity contribution in [2.75, 3.05) is 39.3 Å². The molecule has 2 aliphatic heterocycles. The minimum atomic E-state index is -0.467. The van der Waals surface area contributed by atoms with Gasteiger partial charge in [-0.3, -0.25) is 9.59 Å². The van der Waals surface area contributed by atoms with Gasteiger partial charge in [0.15, 0.2) is 0 Å². The first-order valence-corrected chi connectivity index (χ1v) is 12.7. The van der Waals surface area contributed by atoms with E-state index >= 15 is 0 Å². The van der Waals surface area contributed by atoms with Crippen LogP contribution in [0.3, 0.4) is 0 Å². The summed E-state index contributed by atoms with van der Waals surface area (Å²) in [5.41, 5.74) is 4.59. The Morgan fingerprint density at radius 1 is 1.15 bits per heavy atom. The number of nitrogens with zero attached hydrogens (tertiary/aromatic N) is 2. The van der Waals surface area contributed by atoms with Crippen LogP contribution in [-0.2, 0) is 23.9 Å². The van der Waals surface area contributed by atoms with Crippen LogP contribution in [0.4, 0.5) is 4.79 Å². The summed E-state index contributed by atoms with van der Waals surface area (Å²) in [4.78, 5) is 50.1.